The lowest BCUT2D eigenvalue weighted by atomic mass is 9.78. The highest BCUT2D eigenvalue weighted by Gasteiger charge is 2.42. The summed E-state index contributed by atoms with van der Waals surface area (Å²) in [7, 11) is 1.49. The first-order valence-corrected chi connectivity index (χ1v) is 8.05. The summed E-state index contributed by atoms with van der Waals surface area (Å²) in [4.78, 5) is 0. The van der Waals surface area contributed by atoms with Gasteiger partial charge >= 0.3 is 6.18 Å². The highest BCUT2D eigenvalue weighted by atomic mass is 32.1. The summed E-state index contributed by atoms with van der Waals surface area (Å²) in [5.41, 5.74) is 1.67. The zero-order valence-corrected chi connectivity index (χ0v) is 14.0. The van der Waals surface area contributed by atoms with Gasteiger partial charge in [-0.05, 0) is 51.9 Å². The molecular formula is C17H19F3O2S. The van der Waals surface area contributed by atoms with Gasteiger partial charge in [0, 0.05) is 5.56 Å². The van der Waals surface area contributed by atoms with Gasteiger partial charge in [0.2, 0.25) is 0 Å². The Morgan fingerprint density at radius 2 is 1.87 bits per heavy atom. The Bertz CT molecular complexity index is 648. The standard InChI is InChI=1S/C17H19F3O2S/c1-16(2,9-15(21)17(18,19)20)13-8-11(4-5-14(13)22-3)12-6-7-23-10-12/h4-8,10,15,21H,9H2,1-3H3. The molecule has 1 aromatic heterocycles. The summed E-state index contributed by atoms with van der Waals surface area (Å²) in [5.74, 6) is 0.517. The van der Waals surface area contributed by atoms with Gasteiger partial charge in [0.05, 0.1) is 7.11 Å². The van der Waals surface area contributed by atoms with E-state index in [4.69, 9.17) is 4.74 Å². The topological polar surface area (TPSA) is 29.5 Å². The smallest absolute Gasteiger partial charge is 0.414 e. The fraction of sp³-hybridized carbons (Fsp3) is 0.412. The van der Waals surface area contributed by atoms with Crippen LogP contribution in [0.25, 0.3) is 11.1 Å². The van der Waals surface area contributed by atoms with E-state index >= 15 is 0 Å². The van der Waals surface area contributed by atoms with Crippen LogP contribution in [0.15, 0.2) is 35.0 Å². The highest BCUT2D eigenvalue weighted by molar-refractivity contribution is 7.08. The van der Waals surface area contributed by atoms with E-state index < -0.39 is 24.1 Å². The second-order valence-corrected chi connectivity index (χ2v) is 6.85. The predicted octanol–water partition coefficient (Wildman–Crippen LogP) is 5.01. The molecule has 23 heavy (non-hydrogen) atoms. The Morgan fingerprint density at radius 1 is 1.17 bits per heavy atom. The number of hydrogen-bond acceptors (Lipinski definition) is 3. The van der Waals surface area contributed by atoms with Crippen molar-refractivity contribution in [3.05, 3.63) is 40.6 Å². The van der Waals surface area contributed by atoms with Crippen LogP contribution >= 0.6 is 11.3 Å². The van der Waals surface area contributed by atoms with E-state index in [2.05, 4.69) is 0 Å². The third-order valence-corrected chi connectivity index (χ3v) is 4.55. The summed E-state index contributed by atoms with van der Waals surface area (Å²) in [6, 6.07) is 7.42. The minimum atomic E-state index is -4.63. The molecule has 0 aliphatic rings. The van der Waals surface area contributed by atoms with E-state index in [0.717, 1.165) is 11.1 Å². The number of alkyl halides is 3. The molecule has 1 N–H and O–H groups in total. The number of thiophene rings is 1. The number of methoxy groups -OCH3 is 1. The first kappa shape index (κ1) is 17.8. The van der Waals surface area contributed by atoms with Crippen LogP contribution < -0.4 is 4.74 Å². The number of aliphatic hydroxyl groups is 1. The molecule has 1 unspecified atom stereocenters. The third kappa shape index (κ3) is 4.06. The monoisotopic (exact) mass is 344 g/mol. The first-order valence-electron chi connectivity index (χ1n) is 7.11. The molecule has 0 aliphatic carbocycles. The molecule has 2 rings (SSSR count). The number of rotatable bonds is 5. The Kier molecular flexibility index (Phi) is 5.06. The van der Waals surface area contributed by atoms with E-state index in [1.807, 2.05) is 29.0 Å². The lowest BCUT2D eigenvalue weighted by molar-refractivity contribution is -0.209. The molecule has 2 nitrogen and oxygen atoms in total. The maximum absolute atomic E-state index is 12.7. The molecule has 2 aromatic rings. The van der Waals surface area contributed by atoms with Gasteiger partial charge in [0.1, 0.15) is 5.75 Å². The van der Waals surface area contributed by atoms with Gasteiger partial charge in [-0.2, -0.15) is 24.5 Å². The average Bonchev–Trinajstić information content (AvgIpc) is 2.99. The van der Waals surface area contributed by atoms with E-state index in [9.17, 15) is 18.3 Å². The Balaban J connectivity index is 2.41. The maximum Gasteiger partial charge on any atom is 0.414 e. The molecule has 126 valence electrons. The summed E-state index contributed by atoms with van der Waals surface area (Å²) in [6.07, 6.45) is -7.43. The minimum Gasteiger partial charge on any atom is -0.496 e. The van der Waals surface area contributed by atoms with Gasteiger partial charge in [-0.15, -0.1) is 0 Å². The zero-order valence-electron chi connectivity index (χ0n) is 13.1. The molecule has 1 atom stereocenters. The predicted molar refractivity (Wildman–Crippen MR) is 86.0 cm³/mol. The van der Waals surface area contributed by atoms with Crippen LogP contribution in [0.4, 0.5) is 13.2 Å². The van der Waals surface area contributed by atoms with Crippen molar-refractivity contribution in [1.29, 1.82) is 0 Å². The van der Waals surface area contributed by atoms with Crippen LogP contribution in [0, 0.1) is 0 Å². The largest absolute Gasteiger partial charge is 0.496 e. The molecule has 0 aliphatic heterocycles. The molecule has 0 spiro atoms. The summed E-state index contributed by atoms with van der Waals surface area (Å²) < 4.78 is 43.4. The number of aliphatic hydroxyl groups excluding tert-OH is 1. The van der Waals surface area contributed by atoms with E-state index in [0.29, 0.717) is 11.3 Å². The van der Waals surface area contributed by atoms with Crippen LogP contribution in [0.5, 0.6) is 5.75 Å². The van der Waals surface area contributed by atoms with Crippen molar-refractivity contribution < 1.29 is 23.0 Å². The van der Waals surface area contributed by atoms with Crippen molar-refractivity contribution in [3.63, 3.8) is 0 Å². The molecule has 0 radical (unpaired) electrons. The highest BCUT2D eigenvalue weighted by Crippen LogP contribution is 2.40. The second kappa shape index (κ2) is 6.53. The van der Waals surface area contributed by atoms with Crippen molar-refractivity contribution in [2.75, 3.05) is 7.11 Å². The third-order valence-electron chi connectivity index (χ3n) is 3.86. The number of ether oxygens (including phenoxy) is 1. The van der Waals surface area contributed by atoms with Gasteiger partial charge in [-0.3, -0.25) is 0 Å². The Morgan fingerprint density at radius 3 is 2.39 bits per heavy atom. The molecule has 1 heterocycles. The van der Waals surface area contributed by atoms with Crippen LogP contribution in [-0.2, 0) is 5.41 Å². The van der Waals surface area contributed by atoms with E-state index in [-0.39, 0.29) is 0 Å². The molecule has 6 heteroatoms. The second-order valence-electron chi connectivity index (χ2n) is 6.07. The van der Waals surface area contributed by atoms with Gasteiger partial charge in [0.25, 0.3) is 0 Å². The number of benzene rings is 1. The van der Waals surface area contributed by atoms with Crippen LogP contribution in [-0.4, -0.2) is 24.5 Å². The SMILES string of the molecule is COc1ccc(-c2ccsc2)cc1C(C)(C)CC(O)C(F)(F)F. The lowest BCUT2D eigenvalue weighted by Gasteiger charge is -2.30. The van der Waals surface area contributed by atoms with Crippen LogP contribution in [0.2, 0.25) is 0 Å². The van der Waals surface area contributed by atoms with Gasteiger partial charge in [0.15, 0.2) is 6.10 Å². The van der Waals surface area contributed by atoms with Gasteiger partial charge in [-0.25, -0.2) is 0 Å². The van der Waals surface area contributed by atoms with Crippen molar-refractivity contribution in [2.45, 2.75) is 38.0 Å². The minimum absolute atomic E-state index is 0.431. The molecular weight excluding hydrogens is 325 g/mol. The summed E-state index contributed by atoms with van der Waals surface area (Å²) >= 11 is 1.55. The van der Waals surface area contributed by atoms with Gasteiger partial charge < -0.3 is 9.84 Å². The van der Waals surface area contributed by atoms with Crippen LogP contribution in [0.1, 0.15) is 25.8 Å². The molecule has 0 fully saturated rings. The molecule has 0 bridgehead atoms. The summed E-state index contributed by atoms with van der Waals surface area (Å²) in [5, 5.41) is 13.4. The van der Waals surface area contributed by atoms with E-state index in [1.165, 1.54) is 7.11 Å². The molecule has 1 aromatic carbocycles. The average molecular weight is 344 g/mol. The van der Waals surface area contributed by atoms with Crippen molar-refractivity contribution >= 4 is 11.3 Å². The maximum atomic E-state index is 12.7. The number of hydrogen-bond donors (Lipinski definition) is 1. The van der Waals surface area contributed by atoms with Crippen molar-refractivity contribution in [1.82, 2.24) is 0 Å². The normalized spacial score (nSPS) is 13.9. The van der Waals surface area contributed by atoms with Gasteiger partial charge in [-0.1, -0.05) is 19.9 Å². The molecule has 0 amide bonds. The fourth-order valence-electron chi connectivity index (χ4n) is 2.55. The van der Waals surface area contributed by atoms with Crippen molar-refractivity contribution in [3.8, 4) is 16.9 Å². The molecule has 0 saturated heterocycles. The Hall–Kier alpha value is -1.53. The van der Waals surface area contributed by atoms with Crippen molar-refractivity contribution in [2.24, 2.45) is 0 Å². The quantitative estimate of drug-likeness (QED) is 0.826. The Labute approximate surface area is 137 Å². The first-order chi connectivity index (χ1) is 10.6. The lowest BCUT2D eigenvalue weighted by Crippen LogP contribution is -2.35. The number of halogens is 3. The zero-order chi connectivity index (χ0) is 17.3. The fourth-order valence-corrected chi connectivity index (χ4v) is 3.22. The summed E-state index contributed by atoms with van der Waals surface area (Å²) in [6.45, 7) is 3.36. The van der Waals surface area contributed by atoms with E-state index in [1.54, 1.807) is 31.3 Å². The molecule has 0 saturated carbocycles. The van der Waals surface area contributed by atoms with Crippen LogP contribution in [0.3, 0.4) is 0 Å².